The van der Waals surface area contributed by atoms with E-state index < -0.39 is 40.4 Å². The van der Waals surface area contributed by atoms with Gasteiger partial charge in [0, 0.05) is 6.20 Å². The summed E-state index contributed by atoms with van der Waals surface area (Å²) in [5, 5.41) is 0. The molecule has 118 valence electrons. The van der Waals surface area contributed by atoms with Gasteiger partial charge in [0.05, 0.1) is 17.1 Å². The molecule has 3 aromatic rings. The number of hydrogen-bond donors (Lipinski definition) is 2. The first kappa shape index (κ1) is 15.0. The Bertz CT molecular complexity index is 870. The molecule has 0 spiro atoms. The monoisotopic (exact) mass is 326 g/mol. The number of ketones is 1. The summed E-state index contributed by atoms with van der Waals surface area (Å²) in [5.41, 5.74) is -0.803. The van der Waals surface area contributed by atoms with Gasteiger partial charge in [0.1, 0.15) is 5.56 Å². The lowest BCUT2D eigenvalue weighted by atomic mass is 10.1. The van der Waals surface area contributed by atoms with Gasteiger partial charge in [-0.05, 0) is 24.3 Å². The highest BCUT2D eigenvalue weighted by Gasteiger charge is 2.30. The fraction of sp³-hybridized carbons (Fsp3) is 0. The summed E-state index contributed by atoms with van der Waals surface area (Å²) in [6, 6.07) is 5.97. The van der Waals surface area contributed by atoms with Gasteiger partial charge >= 0.3 is 0 Å². The summed E-state index contributed by atoms with van der Waals surface area (Å²) < 4.78 is 66.7. The van der Waals surface area contributed by atoms with Crippen molar-refractivity contribution in [2.24, 2.45) is 0 Å². The Morgan fingerprint density at radius 2 is 1.39 bits per heavy atom. The van der Waals surface area contributed by atoms with E-state index in [2.05, 4.69) is 9.97 Å². The van der Waals surface area contributed by atoms with Crippen molar-refractivity contribution < 1.29 is 26.7 Å². The molecule has 0 atom stereocenters. The highest BCUT2D eigenvalue weighted by molar-refractivity contribution is 6.08. The Hall–Kier alpha value is -2.90. The average molecular weight is 326 g/mol. The summed E-state index contributed by atoms with van der Waals surface area (Å²) in [5.74, 6) is -12.3. The van der Waals surface area contributed by atoms with Crippen molar-refractivity contribution in [3.63, 3.8) is 0 Å². The lowest BCUT2D eigenvalue weighted by Crippen LogP contribution is -2.14. The van der Waals surface area contributed by atoms with Crippen molar-refractivity contribution in [1.82, 2.24) is 9.97 Å². The molecular weight excluding hydrogens is 319 g/mol. The predicted molar refractivity (Wildman–Crippen MR) is 70.2 cm³/mol. The minimum Gasteiger partial charge on any atom is -0.360 e. The Balaban J connectivity index is 2.08. The van der Waals surface area contributed by atoms with Crippen molar-refractivity contribution in [1.29, 1.82) is 0 Å². The van der Waals surface area contributed by atoms with Crippen LogP contribution in [0.15, 0.2) is 30.5 Å². The molecular formula is C15H7F5N2O. The first-order chi connectivity index (χ1) is 10.9. The van der Waals surface area contributed by atoms with Crippen LogP contribution in [0.25, 0.3) is 11.4 Å². The summed E-state index contributed by atoms with van der Waals surface area (Å²) in [4.78, 5) is 17.5. The van der Waals surface area contributed by atoms with E-state index in [-0.39, 0.29) is 5.69 Å². The molecule has 0 amide bonds. The molecule has 3 rings (SSSR count). The Morgan fingerprint density at radius 3 is 1.96 bits per heavy atom. The number of rotatable bonds is 3. The van der Waals surface area contributed by atoms with E-state index in [0.717, 1.165) is 0 Å². The van der Waals surface area contributed by atoms with E-state index in [1.807, 2.05) is 0 Å². The van der Waals surface area contributed by atoms with Crippen LogP contribution in [0.3, 0.4) is 0 Å². The van der Waals surface area contributed by atoms with Gasteiger partial charge in [-0.3, -0.25) is 4.79 Å². The topological polar surface area (TPSA) is 48.6 Å². The molecule has 23 heavy (non-hydrogen) atoms. The van der Waals surface area contributed by atoms with Crippen LogP contribution in [0.1, 0.15) is 16.1 Å². The fourth-order valence-electron chi connectivity index (χ4n) is 2.12. The van der Waals surface area contributed by atoms with Gasteiger partial charge in [-0.1, -0.05) is 0 Å². The Kier molecular flexibility index (Phi) is 3.51. The average Bonchev–Trinajstić information content (AvgIpc) is 3.21. The second kappa shape index (κ2) is 5.38. The van der Waals surface area contributed by atoms with Gasteiger partial charge in [-0.25, -0.2) is 22.0 Å². The van der Waals surface area contributed by atoms with E-state index in [9.17, 15) is 26.7 Å². The molecule has 2 N–H and O–H groups in total. The number of hydrogen-bond acceptors (Lipinski definition) is 1. The van der Waals surface area contributed by atoms with Crippen molar-refractivity contribution >= 4 is 5.78 Å². The Morgan fingerprint density at radius 1 is 0.783 bits per heavy atom. The van der Waals surface area contributed by atoms with Crippen LogP contribution in [0, 0.1) is 29.1 Å². The maximum atomic E-state index is 13.7. The van der Waals surface area contributed by atoms with Crippen LogP contribution in [-0.4, -0.2) is 15.8 Å². The van der Waals surface area contributed by atoms with E-state index in [1.54, 1.807) is 18.3 Å². The molecule has 0 saturated carbocycles. The zero-order chi connectivity index (χ0) is 16.7. The minimum atomic E-state index is -2.31. The quantitative estimate of drug-likeness (QED) is 0.326. The number of carbonyl (C=O) groups is 1. The van der Waals surface area contributed by atoms with Crippen molar-refractivity contribution in [2.45, 2.75) is 0 Å². The number of benzene rings is 1. The van der Waals surface area contributed by atoms with Gasteiger partial charge in [0.25, 0.3) is 0 Å². The smallest absolute Gasteiger partial charge is 0.215 e. The van der Waals surface area contributed by atoms with Crippen LogP contribution >= 0.6 is 0 Å². The molecule has 0 saturated heterocycles. The highest BCUT2D eigenvalue weighted by Crippen LogP contribution is 2.26. The van der Waals surface area contributed by atoms with Crippen LogP contribution in [0.5, 0.6) is 0 Å². The van der Waals surface area contributed by atoms with E-state index in [1.165, 1.54) is 12.1 Å². The maximum absolute atomic E-state index is 13.7. The van der Waals surface area contributed by atoms with E-state index >= 15 is 0 Å². The third-order valence-corrected chi connectivity index (χ3v) is 3.26. The third-order valence-electron chi connectivity index (χ3n) is 3.26. The maximum Gasteiger partial charge on any atom is 0.215 e. The molecule has 2 aromatic heterocycles. The Labute approximate surface area is 125 Å². The summed E-state index contributed by atoms with van der Waals surface area (Å²) >= 11 is 0. The largest absolute Gasteiger partial charge is 0.360 e. The SMILES string of the molecule is O=C(c1ccc(-c2ccc[nH]2)[nH]1)c1c(F)c(F)c(F)c(F)c1F. The molecule has 0 unspecified atom stereocenters. The summed E-state index contributed by atoms with van der Waals surface area (Å²) in [6.45, 7) is 0. The standard InChI is InChI=1S/C15H7F5N2O/c16-10-9(11(17)13(19)14(20)12(10)18)15(23)8-4-3-7(22-8)6-2-1-5-21-6/h1-5,21-22H. The zero-order valence-corrected chi connectivity index (χ0v) is 11.2. The molecule has 0 aliphatic carbocycles. The van der Waals surface area contributed by atoms with Crippen molar-refractivity contribution in [2.75, 3.05) is 0 Å². The number of H-pyrrole nitrogens is 2. The number of halogens is 5. The van der Waals surface area contributed by atoms with E-state index in [4.69, 9.17) is 0 Å². The first-order valence-corrected chi connectivity index (χ1v) is 6.30. The molecule has 1 aromatic carbocycles. The van der Waals surface area contributed by atoms with Crippen LogP contribution < -0.4 is 0 Å². The van der Waals surface area contributed by atoms with Gasteiger partial charge in [-0.2, -0.15) is 0 Å². The van der Waals surface area contributed by atoms with Crippen molar-refractivity contribution in [3.05, 3.63) is 70.8 Å². The molecule has 0 aliphatic rings. The molecule has 8 heteroatoms. The zero-order valence-electron chi connectivity index (χ0n) is 11.2. The summed E-state index contributed by atoms with van der Waals surface area (Å²) in [7, 11) is 0. The molecule has 0 bridgehead atoms. The molecule has 2 heterocycles. The number of nitrogens with one attached hydrogen (secondary N) is 2. The van der Waals surface area contributed by atoms with Gasteiger partial charge in [0.15, 0.2) is 23.3 Å². The third kappa shape index (κ3) is 2.32. The van der Waals surface area contributed by atoms with Gasteiger partial charge in [0.2, 0.25) is 11.6 Å². The van der Waals surface area contributed by atoms with E-state index in [0.29, 0.717) is 11.4 Å². The summed E-state index contributed by atoms with van der Waals surface area (Å²) in [6.07, 6.45) is 1.61. The van der Waals surface area contributed by atoms with Crippen LogP contribution in [0.4, 0.5) is 22.0 Å². The van der Waals surface area contributed by atoms with Gasteiger partial charge < -0.3 is 9.97 Å². The minimum absolute atomic E-state index is 0.308. The highest BCUT2D eigenvalue weighted by atomic mass is 19.2. The molecule has 0 fully saturated rings. The number of aromatic nitrogens is 2. The molecule has 3 nitrogen and oxygen atoms in total. The van der Waals surface area contributed by atoms with Crippen LogP contribution in [-0.2, 0) is 0 Å². The van der Waals surface area contributed by atoms with Gasteiger partial charge in [-0.15, -0.1) is 0 Å². The fourth-order valence-corrected chi connectivity index (χ4v) is 2.12. The number of carbonyl (C=O) groups excluding carboxylic acids is 1. The van der Waals surface area contributed by atoms with Crippen molar-refractivity contribution in [3.8, 4) is 11.4 Å². The predicted octanol–water partition coefficient (Wildman–Crippen LogP) is 3.94. The molecule has 0 radical (unpaired) electrons. The molecule has 0 aliphatic heterocycles. The lowest BCUT2D eigenvalue weighted by molar-refractivity contribution is 0.102. The first-order valence-electron chi connectivity index (χ1n) is 6.30. The van der Waals surface area contributed by atoms with Crippen LogP contribution in [0.2, 0.25) is 0 Å². The normalized spacial score (nSPS) is 11.0. The lowest BCUT2D eigenvalue weighted by Gasteiger charge is -2.06. The second-order valence-corrected chi connectivity index (χ2v) is 4.64. The second-order valence-electron chi connectivity index (χ2n) is 4.64. The number of aromatic amines is 2.